The Morgan fingerprint density at radius 2 is 2.15 bits per heavy atom. The molecule has 0 radical (unpaired) electrons. The van der Waals surface area contributed by atoms with Gasteiger partial charge in [0.25, 0.3) is 0 Å². The number of anilines is 2. The van der Waals surface area contributed by atoms with Crippen LogP contribution in [0.2, 0.25) is 0 Å². The number of rotatable bonds is 5. The minimum Gasteiger partial charge on any atom is -0.463 e. The first kappa shape index (κ1) is 14.8. The summed E-state index contributed by atoms with van der Waals surface area (Å²) in [4.78, 5) is 15.2. The lowest BCUT2D eigenvalue weighted by atomic mass is 10.0. The molecule has 0 amide bonds. The fourth-order valence-electron chi connectivity index (χ4n) is 2.07. The molecule has 1 N–H and O–H groups in total. The molecular formula is C13H23N5O2. The molecule has 1 saturated heterocycles. The Morgan fingerprint density at radius 1 is 1.35 bits per heavy atom. The van der Waals surface area contributed by atoms with Gasteiger partial charge in [0.05, 0.1) is 25.4 Å². The van der Waals surface area contributed by atoms with Crippen molar-refractivity contribution in [3.05, 3.63) is 0 Å². The second kappa shape index (κ2) is 6.21. The maximum Gasteiger partial charge on any atom is 0.323 e. The molecule has 0 unspecified atom stereocenters. The van der Waals surface area contributed by atoms with Gasteiger partial charge in [-0.25, -0.2) is 0 Å². The molecule has 7 heteroatoms. The SMILES string of the molecule is CCCOc1nc(NC)nc(N2CCOCC2(C)C)n1. The van der Waals surface area contributed by atoms with Crippen LogP contribution in [-0.4, -0.2) is 53.9 Å². The number of nitrogens with one attached hydrogen (secondary N) is 1. The minimum atomic E-state index is -0.146. The largest absolute Gasteiger partial charge is 0.463 e. The Hall–Kier alpha value is -1.63. The van der Waals surface area contributed by atoms with Gasteiger partial charge in [0.1, 0.15) is 0 Å². The summed E-state index contributed by atoms with van der Waals surface area (Å²) in [6, 6.07) is 0.364. The van der Waals surface area contributed by atoms with E-state index in [4.69, 9.17) is 9.47 Å². The van der Waals surface area contributed by atoms with E-state index in [0.29, 0.717) is 37.7 Å². The molecule has 0 atom stereocenters. The lowest BCUT2D eigenvalue weighted by molar-refractivity contribution is 0.0632. The van der Waals surface area contributed by atoms with Gasteiger partial charge in [-0.2, -0.15) is 15.0 Å². The molecule has 1 aromatic rings. The Labute approximate surface area is 119 Å². The van der Waals surface area contributed by atoms with Gasteiger partial charge < -0.3 is 19.7 Å². The van der Waals surface area contributed by atoms with Crippen molar-refractivity contribution in [2.75, 3.05) is 43.6 Å². The van der Waals surface area contributed by atoms with Crippen LogP contribution in [0.5, 0.6) is 6.01 Å². The summed E-state index contributed by atoms with van der Waals surface area (Å²) in [5.74, 6) is 1.15. The second-order valence-corrected chi connectivity index (χ2v) is 5.36. The van der Waals surface area contributed by atoms with Crippen molar-refractivity contribution in [3.63, 3.8) is 0 Å². The van der Waals surface area contributed by atoms with E-state index in [-0.39, 0.29) is 5.54 Å². The number of nitrogens with zero attached hydrogens (tertiary/aromatic N) is 4. The van der Waals surface area contributed by atoms with E-state index in [2.05, 4.69) is 39.0 Å². The summed E-state index contributed by atoms with van der Waals surface area (Å²) in [5.41, 5.74) is -0.146. The van der Waals surface area contributed by atoms with E-state index < -0.39 is 0 Å². The highest BCUT2D eigenvalue weighted by Gasteiger charge is 2.33. The van der Waals surface area contributed by atoms with E-state index in [0.717, 1.165) is 13.0 Å². The summed E-state index contributed by atoms with van der Waals surface area (Å²) < 4.78 is 11.1. The smallest absolute Gasteiger partial charge is 0.323 e. The second-order valence-electron chi connectivity index (χ2n) is 5.36. The predicted octanol–water partition coefficient (Wildman–Crippen LogP) is 1.32. The first-order valence-electron chi connectivity index (χ1n) is 6.99. The first-order valence-corrected chi connectivity index (χ1v) is 6.99. The molecule has 2 heterocycles. The maximum absolute atomic E-state index is 5.54. The lowest BCUT2D eigenvalue weighted by Crippen LogP contribution is -2.54. The normalized spacial score (nSPS) is 17.9. The van der Waals surface area contributed by atoms with Gasteiger partial charge >= 0.3 is 6.01 Å². The van der Waals surface area contributed by atoms with E-state index in [9.17, 15) is 0 Å². The van der Waals surface area contributed by atoms with Crippen molar-refractivity contribution in [2.45, 2.75) is 32.7 Å². The van der Waals surface area contributed by atoms with Gasteiger partial charge in [-0.1, -0.05) is 6.92 Å². The van der Waals surface area contributed by atoms with Crippen LogP contribution in [0.4, 0.5) is 11.9 Å². The van der Waals surface area contributed by atoms with Gasteiger partial charge in [-0.05, 0) is 20.3 Å². The number of hydrogen-bond acceptors (Lipinski definition) is 7. The highest BCUT2D eigenvalue weighted by atomic mass is 16.5. The summed E-state index contributed by atoms with van der Waals surface area (Å²) >= 11 is 0. The van der Waals surface area contributed by atoms with Crippen LogP contribution in [0.1, 0.15) is 27.2 Å². The zero-order chi connectivity index (χ0) is 14.6. The van der Waals surface area contributed by atoms with Gasteiger partial charge in [0, 0.05) is 13.6 Å². The number of aromatic nitrogens is 3. The topological polar surface area (TPSA) is 72.4 Å². The molecule has 0 bridgehead atoms. The molecule has 7 nitrogen and oxygen atoms in total. The average Bonchev–Trinajstić information content (AvgIpc) is 2.44. The molecule has 0 aromatic carbocycles. The number of morpholine rings is 1. The summed E-state index contributed by atoms with van der Waals surface area (Å²) in [5, 5.41) is 2.95. The molecule has 1 fully saturated rings. The first-order chi connectivity index (χ1) is 9.56. The van der Waals surface area contributed by atoms with E-state index in [1.807, 2.05) is 6.92 Å². The van der Waals surface area contributed by atoms with Crippen LogP contribution >= 0.6 is 0 Å². The zero-order valence-corrected chi connectivity index (χ0v) is 12.6. The molecule has 1 aromatic heterocycles. The Bertz CT molecular complexity index is 452. The monoisotopic (exact) mass is 281 g/mol. The molecule has 112 valence electrons. The fourth-order valence-corrected chi connectivity index (χ4v) is 2.07. The Balaban J connectivity index is 2.29. The predicted molar refractivity (Wildman–Crippen MR) is 77.4 cm³/mol. The summed E-state index contributed by atoms with van der Waals surface area (Å²) in [6.45, 7) is 8.95. The maximum atomic E-state index is 5.54. The van der Waals surface area contributed by atoms with Crippen molar-refractivity contribution in [1.82, 2.24) is 15.0 Å². The van der Waals surface area contributed by atoms with Crippen molar-refractivity contribution in [1.29, 1.82) is 0 Å². The lowest BCUT2D eigenvalue weighted by Gasteiger charge is -2.42. The van der Waals surface area contributed by atoms with Crippen molar-refractivity contribution >= 4 is 11.9 Å². The van der Waals surface area contributed by atoms with Crippen LogP contribution in [0.25, 0.3) is 0 Å². The van der Waals surface area contributed by atoms with Gasteiger partial charge in [-0.3, -0.25) is 0 Å². The third-order valence-electron chi connectivity index (χ3n) is 3.15. The third kappa shape index (κ3) is 3.27. The van der Waals surface area contributed by atoms with Gasteiger partial charge in [-0.15, -0.1) is 0 Å². The summed E-state index contributed by atoms with van der Waals surface area (Å²) in [6.07, 6.45) is 0.916. The van der Waals surface area contributed by atoms with E-state index in [1.165, 1.54) is 0 Å². The molecule has 1 aliphatic heterocycles. The number of ether oxygens (including phenoxy) is 2. The molecule has 20 heavy (non-hydrogen) atoms. The van der Waals surface area contributed by atoms with Gasteiger partial charge in [0.2, 0.25) is 11.9 Å². The molecule has 2 rings (SSSR count). The quantitative estimate of drug-likeness (QED) is 0.872. The molecular weight excluding hydrogens is 258 g/mol. The standard InChI is InChI=1S/C13H23N5O2/c1-5-7-20-12-16-10(14-4)15-11(17-12)18-6-8-19-9-13(18,2)3/h5-9H2,1-4H3,(H,14,15,16,17). The van der Waals surface area contributed by atoms with Crippen LogP contribution < -0.4 is 15.0 Å². The number of hydrogen-bond donors (Lipinski definition) is 1. The van der Waals surface area contributed by atoms with Crippen LogP contribution in [-0.2, 0) is 4.74 Å². The Morgan fingerprint density at radius 3 is 2.80 bits per heavy atom. The highest BCUT2D eigenvalue weighted by molar-refractivity contribution is 5.41. The molecule has 0 aliphatic carbocycles. The highest BCUT2D eigenvalue weighted by Crippen LogP contribution is 2.25. The third-order valence-corrected chi connectivity index (χ3v) is 3.15. The molecule has 1 aliphatic rings. The Kier molecular flexibility index (Phi) is 4.59. The van der Waals surface area contributed by atoms with Crippen LogP contribution in [0, 0.1) is 0 Å². The van der Waals surface area contributed by atoms with Crippen LogP contribution in [0.15, 0.2) is 0 Å². The van der Waals surface area contributed by atoms with Crippen LogP contribution in [0.3, 0.4) is 0 Å². The average molecular weight is 281 g/mol. The van der Waals surface area contributed by atoms with Crippen molar-refractivity contribution in [3.8, 4) is 6.01 Å². The summed E-state index contributed by atoms with van der Waals surface area (Å²) in [7, 11) is 1.78. The van der Waals surface area contributed by atoms with E-state index in [1.54, 1.807) is 7.05 Å². The fraction of sp³-hybridized carbons (Fsp3) is 0.769. The van der Waals surface area contributed by atoms with Crippen molar-refractivity contribution < 1.29 is 9.47 Å². The molecule has 0 saturated carbocycles. The van der Waals surface area contributed by atoms with Crippen molar-refractivity contribution in [2.24, 2.45) is 0 Å². The van der Waals surface area contributed by atoms with E-state index >= 15 is 0 Å². The van der Waals surface area contributed by atoms with Gasteiger partial charge in [0.15, 0.2) is 0 Å². The minimum absolute atomic E-state index is 0.146. The molecule has 0 spiro atoms. The zero-order valence-electron chi connectivity index (χ0n) is 12.6.